The maximum absolute atomic E-state index is 13.8. The Kier molecular flexibility index (Phi) is 7.43. The van der Waals surface area contributed by atoms with E-state index in [-0.39, 0.29) is 23.8 Å². The van der Waals surface area contributed by atoms with E-state index in [0.717, 1.165) is 22.0 Å². The molecule has 2 N–H and O–H groups in total. The summed E-state index contributed by atoms with van der Waals surface area (Å²) in [6.45, 7) is 8.91. The van der Waals surface area contributed by atoms with Gasteiger partial charge in [-0.2, -0.15) is 0 Å². The number of carbonyl (C=O) groups excluding carboxylic acids is 3. The van der Waals surface area contributed by atoms with Crippen molar-refractivity contribution in [1.29, 1.82) is 0 Å². The van der Waals surface area contributed by atoms with Gasteiger partial charge in [-0.1, -0.05) is 75.4 Å². The maximum atomic E-state index is 13.8. The number of aromatic amines is 1. The SMILES string of the molecule is C[C@@H]1CN(C(=O)c2ccc(-c3ccccc3)cn2)CCN1C(=O)[C@@H](NC(=O)c1cc2ccccc2[nH]1)C(C)(C)C. The number of H-pyrrole nitrogens is 1. The van der Waals surface area contributed by atoms with Crippen molar-refractivity contribution < 1.29 is 14.4 Å². The van der Waals surface area contributed by atoms with Gasteiger partial charge >= 0.3 is 0 Å². The lowest BCUT2D eigenvalue weighted by atomic mass is 9.85. The zero-order valence-electron chi connectivity index (χ0n) is 23.3. The average Bonchev–Trinajstić information content (AvgIpc) is 3.40. The fourth-order valence-electron chi connectivity index (χ4n) is 5.17. The third kappa shape index (κ3) is 5.61. The zero-order chi connectivity index (χ0) is 28.4. The van der Waals surface area contributed by atoms with Gasteiger partial charge in [-0.3, -0.25) is 19.4 Å². The van der Waals surface area contributed by atoms with E-state index in [1.807, 2.05) is 88.4 Å². The molecule has 3 amide bonds. The molecule has 40 heavy (non-hydrogen) atoms. The van der Waals surface area contributed by atoms with Crippen LogP contribution in [0.1, 0.15) is 48.7 Å². The Morgan fingerprint density at radius 1 is 0.950 bits per heavy atom. The fourth-order valence-corrected chi connectivity index (χ4v) is 5.17. The molecule has 1 fully saturated rings. The summed E-state index contributed by atoms with van der Waals surface area (Å²) in [5.74, 6) is -0.629. The second-order valence-electron chi connectivity index (χ2n) is 11.5. The number of fused-ring (bicyclic) bond motifs is 1. The fraction of sp³-hybridized carbons (Fsp3) is 0.312. The minimum Gasteiger partial charge on any atom is -0.351 e. The van der Waals surface area contributed by atoms with Crippen molar-refractivity contribution in [1.82, 2.24) is 25.1 Å². The summed E-state index contributed by atoms with van der Waals surface area (Å²) >= 11 is 0. The molecule has 2 aromatic carbocycles. The molecule has 3 heterocycles. The van der Waals surface area contributed by atoms with Crippen molar-refractivity contribution in [3.63, 3.8) is 0 Å². The number of nitrogens with zero attached hydrogens (tertiary/aromatic N) is 3. The molecule has 0 radical (unpaired) electrons. The highest BCUT2D eigenvalue weighted by molar-refractivity contribution is 6.00. The lowest BCUT2D eigenvalue weighted by Crippen LogP contribution is -2.62. The number of carbonyl (C=O) groups is 3. The van der Waals surface area contributed by atoms with Crippen molar-refractivity contribution in [3.8, 4) is 11.1 Å². The van der Waals surface area contributed by atoms with E-state index >= 15 is 0 Å². The lowest BCUT2D eigenvalue weighted by molar-refractivity contribution is -0.140. The molecule has 0 aliphatic carbocycles. The second kappa shape index (κ2) is 11.0. The molecule has 1 saturated heterocycles. The molecule has 1 aliphatic heterocycles. The normalized spacial score (nSPS) is 16.6. The monoisotopic (exact) mass is 537 g/mol. The Bertz CT molecular complexity index is 1490. The van der Waals surface area contributed by atoms with Crippen molar-refractivity contribution in [2.24, 2.45) is 5.41 Å². The Labute approximate surface area is 234 Å². The third-order valence-electron chi connectivity index (χ3n) is 7.45. The van der Waals surface area contributed by atoms with Crippen LogP contribution < -0.4 is 5.32 Å². The van der Waals surface area contributed by atoms with E-state index in [0.29, 0.717) is 31.0 Å². The summed E-state index contributed by atoms with van der Waals surface area (Å²) in [6.07, 6.45) is 1.72. The first-order valence-electron chi connectivity index (χ1n) is 13.6. The van der Waals surface area contributed by atoms with E-state index in [4.69, 9.17) is 0 Å². The van der Waals surface area contributed by atoms with Crippen LogP contribution in [0.2, 0.25) is 0 Å². The van der Waals surface area contributed by atoms with Crippen LogP contribution in [0.4, 0.5) is 0 Å². The minimum absolute atomic E-state index is 0.151. The van der Waals surface area contributed by atoms with Gasteiger partial charge in [-0.15, -0.1) is 0 Å². The van der Waals surface area contributed by atoms with Crippen molar-refractivity contribution in [3.05, 3.63) is 90.4 Å². The van der Waals surface area contributed by atoms with Gasteiger partial charge in [-0.25, -0.2) is 0 Å². The van der Waals surface area contributed by atoms with Crippen LogP contribution in [-0.2, 0) is 4.79 Å². The van der Waals surface area contributed by atoms with E-state index in [1.165, 1.54) is 0 Å². The van der Waals surface area contributed by atoms with Gasteiger partial charge in [0.05, 0.1) is 0 Å². The summed E-state index contributed by atoms with van der Waals surface area (Å²) in [6, 6.07) is 22.1. The Hall–Kier alpha value is -4.46. The van der Waals surface area contributed by atoms with E-state index in [1.54, 1.807) is 28.1 Å². The number of rotatable bonds is 5. The van der Waals surface area contributed by atoms with Crippen LogP contribution in [0.15, 0.2) is 79.0 Å². The quantitative estimate of drug-likeness (QED) is 0.384. The van der Waals surface area contributed by atoms with Gasteiger partial charge in [0.15, 0.2) is 0 Å². The van der Waals surface area contributed by atoms with E-state index < -0.39 is 11.5 Å². The highest BCUT2D eigenvalue weighted by Gasteiger charge is 2.39. The summed E-state index contributed by atoms with van der Waals surface area (Å²) in [5, 5.41) is 3.91. The summed E-state index contributed by atoms with van der Waals surface area (Å²) in [7, 11) is 0. The largest absolute Gasteiger partial charge is 0.351 e. The number of aromatic nitrogens is 2. The molecule has 2 aromatic heterocycles. The first-order chi connectivity index (χ1) is 19.1. The smallest absolute Gasteiger partial charge is 0.272 e. The number of nitrogens with one attached hydrogen (secondary N) is 2. The molecular formula is C32H35N5O3. The molecule has 0 bridgehead atoms. The highest BCUT2D eigenvalue weighted by Crippen LogP contribution is 2.25. The van der Waals surface area contributed by atoms with Crippen molar-refractivity contribution in [2.75, 3.05) is 19.6 Å². The predicted octanol–water partition coefficient (Wildman–Crippen LogP) is 4.75. The molecule has 8 heteroatoms. The average molecular weight is 538 g/mol. The Balaban J connectivity index is 1.25. The topological polar surface area (TPSA) is 98.4 Å². The molecule has 0 spiro atoms. The molecular weight excluding hydrogens is 502 g/mol. The zero-order valence-corrected chi connectivity index (χ0v) is 23.3. The molecule has 206 valence electrons. The van der Waals surface area contributed by atoms with Gasteiger partial charge < -0.3 is 20.1 Å². The third-order valence-corrected chi connectivity index (χ3v) is 7.45. The second-order valence-corrected chi connectivity index (χ2v) is 11.5. The van der Waals surface area contributed by atoms with Crippen LogP contribution >= 0.6 is 0 Å². The number of hydrogen-bond acceptors (Lipinski definition) is 4. The van der Waals surface area contributed by atoms with Crippen molar-refractivity contribution >= 4 is 28.6 Å². The van der Waals surface area contributed by atoms with Crippen LogP contribution in [0.3, 0.4) is 0 Å². The van der Waals surface area contributed by atoms with Crippen LogP contribution in [0.25, 0.3) is 22.0 Å². The molecule has 0 unspecified atom stereocenters. The number of hydrogen-bond donors (Lipinski definition) is 2. The number of para-hydroxylation sites is 1. The van der Waals surface area contributed by atoms with Crippen LogP contribution in [0, 0.1) is 5.41 Å². The first-order valence-corrected chi connectivity index (χ1v) is 13.6. The van der Waals surface area contributed by atoms with Gasteiger partial charge in [0, 0.05) is 48.3 Å². The Morgan fingerprint density at radius 2 is 1.68 bits per heavy atom. The minimum atomic E-state index is -0.733. The van der Waals surface area contributed by atoms with Crippen molar-refractivity contribution in [2.45, 2.75) is 39.8 Å². The standard InChI is InChI=1S/C32H35N5O3/c1-21-20-36(30(39)26-15-14-24(19-33-26)22-10-6-5-7-11-22)16-17-37(21)31(40)28(32(2,3)4)35-29(38)27-18-23-12-8-9-13-25(23)34-27/h5-15,18-19,21,28,34H,16-17,20H2,1-4H3,(H,35,38)/t21-,28-/m1/s1. The van der Waals surface area contributed by atoms with Crippen LogP contribution in [0.5, 0.6) is 0 Å². The van der Waals surface area contributed by atoms with Gasteiger partial charge in [0.1, 0.15) is 17.4 Å². The lowest BCUT2D eigenvalue weighted by Gasteiger charge is -2.43. The maximum Gasteiger partial charge on any atom is 0.272 e. The molecule has 2 atom stereocenters. The number of benzene rings is 2. The number of piperazine rings is 1. The predicted molar refractivity (Wildman–Crippen MR) is 156 cm³/mol. The number of pyridine rings is 1. The van der Waals surface area contributed by atoms with E-state index in [2.05, 4.69) is 15.3 Å². The first kappa shape index (κ1) is 27.1. The number of amides is 3. The molecule has 4 aromatic rings. The molecule has 1 aliphatic rings. The van der Waals surface area contributed by atoms with E-state index in [9.17, 15) is 14.4 Å². The van der Waals surface area contributed by atoms with Gasteiger partial charge in [-0.05, 0) is 36.1 Å². The Morgan fingerprint density at radius 3 is 2.33 bits per heavy atom. The molecule has 8 nitrogen and oxygen atoms in total. The van der Waals surface area contributed by atoms with Gasteiger partial charge in [0.25, 0.3) is 11.8 Å². The highest BCUT2D eigenvalue weighted by atomic mass is 16.2. The van der Waals surface area contributed by atoms with Gasteiger partial charge in [0.2, 0.25) is 5.91 Å². The molecule has 5 rings (SSSR count). The van der Waals surface area contributed by atoms with Crippen LogP contribution in [-0.4, -0.2) is 69.2 Å². The molecule has 0 saturated carbocycles. The summed E-state index contributed by atoms with van der Waals surface area (Å²) < 4.78 is 0. The summed E-state index contributed by atoms with van der Waals surface area (Å²) in [4.78, 5) is 51.3. The summed E-state index contributed by atoms with van der Waals surface area (Å²) in [5.41, 5.74) is 3.13.